The molecule has 2 N–H and O–H groups in total. The van der Waals surface area contributed by atoms with Gasteiger partial charge in [0.15, 0.2) is 0 Å². The molecule has 1 heterocycles. The highest BCUT2D eigenvalue weighted by Gasteiger charge is 2.25. The lowest BCUT2D eigenvalue weighted by Crippen LogP contribution is -2.39. The van der Waals surface area contributed by atoms with Crippen molar-refractivity contribution in [3.05, 3.63) is 0 Å². The summed E-state index contributed by atoms with van der Waals surface area (Å²) in [5.41, 5.74) is 5.52. The van der Waals surface area contributed by atoms with Crippen LogP contribution in [0.25, 0.3) is 0 Å². The number of nitrogens with zero attached hydrogens (tertiary/aromatic N) is 1. The van der Waals surface area contributed by atoms with Gasteiger partial charge in [0.25, 0.3) is 0 Å². The Morgan fingerprint density at radius 1 is 1.73 bits per heavy atom. The molecule has 0 unspecified atom stereocenters. The Labute approximate surface area is 67.5 Å². The highest BCUT2D eigenvalue weighted by atomic mass is 16.2. The van der Waals surface area contributed by atoms with Crippen LogP contribution < -0.4 is 5.73 Å². The molecule has 1 aliphatic heterocycles. The third-order valence-corrected chi connectivity index (χ3v) is 2.27. The Bertz CT molecular complexity index is 147. The van der Waals surface area contributed by atoms with Crippen LogP contribution in [0.4, 0.5) is 0 Å². The van der Waals surface area contributed by atoms with Gasteiger partial charge in [0, 0.05) is 25.6 Å². The summed E-state index contributed by atoms with van der Waals surface area (Å²) in [7, 11) is 0. The van der Waals surface area contributed by atoms with Gasteiger partial charge in [-0.2, -0.15) is 0 Å². The minimum atomic E-state index is 0.248. The fraction of sp³-hybridized carbons (Fsp3) is 0.875. The van der Waals surface area contributed by atoms with Crippen molar-refractivity contribution in [1.82, 2.24) is 4.90 Å². The molecule has 11 heavy (non-hydrogen) atoms. The molecule has 0 spiro atoms. The van der Waals surface area contributed by atoms with Crippen LogP contribution in [0, 0.1) is 0 Å². The van der Waals surface area contributed by atoms with Gasteiger partial charge in [0.05, 0.1) is 0 Å². The molecule has 1 atom stereocenters. The second-order valence-electron chi connectivity index (χ2n) is 2.97. The van der Waals surface area contributed by atoms with Crippen LogP contribution in [0.15, 0.2) is 0 Å². The number of amides is 1. The first-order chi connectivity index (χ1) is 5.29. The molecule has 1 rings (SSSR count). The molecule has 1 amide bonds. The SMILES string of the molecule is CCC(=O)N1CCC[C@@H]1CN. The van der Waals surface area contributed by atoms with E-state index in [9.17, 15) is 4.79 Å². The Kier molecular flexibility index (Phi) is 2.88. The van der Waals surface area contributed by atoms with Crippen LogP contribution in [0.3, 0.4) is 0 Å². The minimum absolute atomic E-state index is 0.248. The summed E-state index contributed by atoms with van der Waals surface area (Å²) >= 11 is 0. The van der Waals surface area contributed by atoms with Gasteiger partial charge in [-0.3, -0.25) is 4.79 Å². The number of carbonyl (C=O) groups is 1. The molecule has 3 heteroatoms. The van der Waals surface area contributed by atoms with E-state index in [1.54, 1.807) is 0 Å². The first kappa shape index (κ1) is 8.53. The maximum absolute atomic E-state index is 11.3. The van der Waals surface area contributed by atoms with Crippen molar-refractivity contribution in [2.75, 3.05) is 13.1 Å². The molecule has 64 valence electrons. The zero-order valence-corrected chi connectivity index (χ0v) is 7.05. The van der Waals surface area contributed by atoms with E-state index in [2.05, 4.69) is 0 Å². The van der Waals surface area contributed by atoms with Crippen LogP contribution in [-0.2, 0) is 4.79 Å². The molecule has 0 aliphatic carbocycles. The number of rotatable bonds is 2. The maximum Gasteiger partial charge on any atom is 0.222 e. The predicted octanol–water partition coefficient (Wildman–Crippen LogP) is 0.346. The van der Waals surface area contributed by atoms with Gasteiger partial charge >= 0.3 is 0 Å². The van der Waals surface area contributed by atoms with Gasteiger partial charge in [-0.05, 0) is 12.8 Å². The van der Waals surface area contributed by atoms with Gasteiger partial charge in [0.2, 0.25) is 5.91 Å². The second-order valence-corrected chi connectivity index (χ2v) is 2.97. The van der Waals surface area contributed by atoms with Crippen LogP contribution in [0.2, 0.25) is 0 Å². The van der Waals surface area contributed by atoms with Gasteiger partial charge in [-0.15, -0.1) is 0 Å². The number of carbonyl (C=O) groups excluding carboxylic acids is 1. The summed E-state index contributed by atoms with van der Waals surface area (Å²) in [5, 5.41) is 0. The van der Waals surface area contributed by atoms with E-state index >= 15 is 0 Å². The van der Waals surface area contributed by atoms with Crippen LogP contribution in [-0.4, -0.2) is 29.9 Å². The molecule has 0 aromatic heterocycles. The molecular weight excluding hydrogens is 140 g/mol. The third-order valence-electron chi connectivity index (χ3n) is 2.27. The van der Waals surface area contributed by atoms with E-state index in [0.717, 1.165) is 19.4 Å². The molecule has 0 aromatic carbocycles. The van der Waals surface area contributed by atoms with Crippen molar-refractivity contribution in [3.8, 4) is 0 Å². The quantitative estimate of drug-likeness (QED) is 0.627. The van der Waals surface area contributed by atoms with Gasteiger partial charge in [-0.25, -0.2) is 0 Å². The van der Waals surface area contributed by atoms with Gasteiger partial charge in [-0.1, -0.05) is 6.92 Å². The van der Waals surface area contributed by atoms with Crippen LogP contribution in [0.1, 0.15) is 26.2 Å². The first-order valence-electron chi connectivity index (χ1n) is 4.29. The van der Waals surface area contributed by atoms with E-state index in [1.165, 1.54) is 0 Å². The molecule has 0 radical (unpaired) electrons. The summed E-state index contributed by atoms with van der Waals surface area (Å²) in [5.74, 6) is 0.248. The zero-order chi connectivity index (χ0) is 8.27. The van der Waals surface area contributed by atoms with Crippen molar-refractivity contribution in [3.63, 3.8) is 0 Å². The molecule has 1 aliphatic rings. The molecule has 1 fully saturated rings. The van der Waals surface area contributed by atoms with Crippen LogP contribution >= 0.6 is 0 Å². The lowest BCUT2D eigenvalue weighted by molar-refractivity contribution is -0.131. The van der Waals surface area contributed by atoms with Gasteiger partial charge < -0.3 is 10.6 Å². The first-order valence-corrected chi connectivity index (χ1v) is 4.29. The fourth-order valence-corrected chi connectivity index (χ4v) is 1.61. The van der Waals surface area contributed by atoms with Crippen molar-refractivity contribution in [2.24, 2.45) is 5.73 Å². The average molecular weight is 156 g/mol. The Morgan fingerprint density at radius 3 is 3.00 bits per heavy atom. The topological polar surface area (TPSA) is 46.3 Å². The monoisotopic (exact) mass is 156 g/mol. The number of likely N-dealkylation sites (tertiary alicyclic amines) is 1. The maximum atomic E-state index is 11.3. The molecule has 0 aromatic rings. The smallest absolute Gasteiger partial charge is 0.222 e. The Morgan fingerprint density at radius 2 is 2.45 bits per heavy atom. The lowest BCUT2D eigenvalue weighted by atomic mass is 10.2. The van der Waals surface area contributed by atoms with E-state index in [1.807, 2.05) is 11.8 Å². The van der Waals surface area contributed by atoms with Crippen molar-refractivity contribution in [1.29, 1.82) is 0 Å². The third kappa shape index (κ3) is 1.71. The van der Waals surface area contributed by atoms with Crippen molar-refractivity contribution < 1.29 is 4.79 Å². The molecule has 0 saturated carbocycles. The van der Waals surface area contributed by atoms with Crippen molar-refractivity contribution in [2.45, 2.75) is 32.2 Å². The van der Waals surface area contributed by atoms with Gasteiger partial charge in [0.1, 0.15) is 0 Å². The summed E-state index contributed by atoms with van der Waals surface area (Å²) < 4.78 is 0. The molecule has 0 bridgehead atoms. The number of hydrogen-bond donors (Lipinski definition) is 1. The Hall–Kier alpha value is -0.570. The Balaban J connectivity index is 2.49. The predicted molar refractivity (Wildman–Crippen MR) is 44.1 cm³/mol. The van der Waals surface area contributed by atoms with E-state index in [4.69, 9.17) is 5.73 Å². The zero-order valence-electron chi connectivity index (χ0n) is 7.05. The van der Waals surface area contributed by atoms with Crippen molar-refractivity contribution >= 4 is 5.91 Å². The number of nitrogens with two attached hydrogens (primary N) is 1. The fourth-order valence-electron chi connectivity index (χ4n) is 1.61. The van der Waals surface area contributed by atoms with E-state index in [0.29, 0.717) is 19.0 Å². The average Bonchev–Trinajstić information content (AvgIpc) is 2.50. The van der Waals surface area contributed by atoms with E-state index < -0.39 is 0 Å². The lowest BCUT2D eigenvalue weighted by Gasteiger charge is -2.22. The molecular formula is C8H16N2O. The second kappa shape index (κ2) is 3.72. The summed E-state index contributed by atoms with van der Waals surface area (Å²) in [6.45, 7) is 3.43. The minimum Gasteiger partial charge on any atom is -0.338 e. The summed E-state index contributed by atoms with van der Waals surface area (Å²) in [6, 6.07) is 0.322. The largest absolute Gasteiger partial charge is 0.338 e. The highest BCUT2D eigenvalue weighted by Crippen LogP contribution is 2.16. The summed E-state index contributed by atoms with van der Waals surface area (Å²) in [4.78, 5) is 13.2. The number of hydrogen-bond acceptors (Lipinski definition) is 2. The van der Waals surface area contributed by atoms with Crippen LogP contribution in [0.5, 0.6) is 0 Å². The highest BCUT2D eigenvalue weighted by molar-refractivity contribution is 5.76. The standard InChI is InChI=1S/C8H16N2O/c1-2-8(11)10-5-3-4-7(10)6-9/h7H,2-6,9H2,1H3/t7-/m1/s1. The summed E-state index contributed by atoms with van der Waals surface area (Å²) in [6.07, 6.45) is 2.81. The molecule has 3 nitrogen and oxygen atoms in total. The normalized spacial score (nSPS) is 24.2. The molecule has 1 saturated heterocycles. The van der Waals surface area contributed by atoms with E-state index in [-0.39, 0.29) is 5.91 Å².